The average molecular weight is 336 g/mol. The first-order chi connectivity index (χ1) is 10.9. The van der Waals surface area contributed by atoms with Gasteiger partial charge < -0.3 is 5.11 Å². The number of fused-ring (bicyclic) bond motifs is 1. The third kappa shape index (κ3) is 2.71. The number of aromatic nitrogens is 3. The van der Waals surface area contributed by atoms with Crippen LogP contribution in [0.15, 0.2) is 47.8 Å². The van der Waals surface area contributed by atoms with E-state index >= 15 is 0 Å². The van der Waals surface area contributed by atoms with Crippen LogP contribution in [-0.4, -0.2) is 34.1 Å². The maximum absolute atomic E-state index is 13.8. The third-order valence-corrected chi connectivity index (χ3v) is 4.37. The van der Waals surface area contributed by atoms with Crippen molar-refractivity contribution in [3.8, 4) is 0 Å². The first-order valence-corrected chi connectivity index (χ1v) is 7.71. The lowest BCUT2D eigenvalue weighted by Crippen LogP contribution is -2.15. The number of anilines is 1. The van der Waals surface area contributed by atoms with Crippen molar-refractivity contribution in [3.05, 3.63) is 54.2 Å². The highest BCUT2D eigenvalue weighted by atomic mass is 32.2. The van der Waals surface area contributed by atoms with Crippen molar-refractivity contribution in [1.82, 2.24) is 14.6 Å². The minimum atomic E-state index is -4.34. The molecule has 2 N–H and O–H groups in total. The minimum absolute atomic E-state index is 0.0470. The lowest BCUT2D eigenvalue weighted by molar-refractivity contribution is 0.0696. The van der Waals surface area contributed by atoms with Gasteiger partial charge in [0.1, 0.15) is 16.4 Å². The monoisotopic (exact) mass is 336 g/mol. The Hall–Kier alpha value is -3.01. The van der Waals surface area contributed by atoms with Crippen LogP contribution in [0.25, 0.3) is 5.65 Å². The summed E-state index contributed by atoms with van der Waals surface area (Å²) in [5.41, 5.74) is -0.0682. The van der Waals surface area contributed by atoms with E-state index in [2.05, 4.69) is 14.8 Å². The number of carbonyl (C=O) groups is 1. The van der Waals surface area contributed by atoms with E-state index in [-0.39, 0.29) is 16.9 Å². The van der Waals surface area contributed by atoms with Crippen LogP contribution in [0.2, 0.25) is 0 Å². The van der Waals surface area contributed by atoms with Crippen molar-refractivity contribution >= 4 is 27.3 Å². The molecule has 23 heavy (non-hydrogen) atoms. The molecule has 0 aliphatic carbocycles. The second kappa shape index (κ2) is 5.32. The Kier molecular flexibility index (Phi) is 3.45. The van der Waals surface area contributed by atoms with E-state index in [0.717, 1.165) is 18.2 Å². The molecule has 0 fully saturated rings. The van der Waals surface area contributed by atoms with E-state index in [1.807, 2.05) is 0 Å². The number of aromatic carboxylic acids is 1. The Labute approximate surface area is 129 Å². The summed E-state index contributed by atoms with van der Waals surface area (Å²) in [6.45, 7) is 0. The van der Waals surface area contributed by atoms with Crippen molar-refractivity contribution in [3.63, 3.8) is 0 Å². The SMILES string of the molecule is O=C(O)c1ccc(F)c(S(=O)(=O)Nc2cnn3cccnc23)c1. The Bertz CT molecular complexity index is 1020. The van der Waals surface area contributed by atoms with Crippen LogP contribution >= 0.6 is 0 Å². The van der Waals surface area contributed by atoms with Gasteiger partial charge >= 0.3 is 5.97 Å². The summed E-state index contributed by atoms with van der Waals surface area (Å²) in [5, 5.41) is 12.8. The summed E-state index contributed by atoms with van der Waals surface area (Å²) >= 11 is 0. The maximum Gasteiger partial charge on any atom is 0.335 e. The summed E-state index contributed by atoms with van der Waals surface area (Å²) < 4.78 is 42.0. The molecule has 0 aliphatic heterocycles. The standard InChI is InChI=1S/C13H9FN4O4S/c14-9-3-2-8(13(19)20)6-11(9)23(21,22)17-10-7-16-18-5-1-4-15-12(10)18/h1-7,17H,(H,19,20). The molecule has 0 unspecified atom stereocenters. The average Bonchev–Trinajstić information content (AvgIpc) is 2.90. The van der Waals surface area contributed by atoms with Crippen LogP contribution in [0.4, 0.5) is 10.1 Å². The van der Waals surface area contributed by atoms with Crippen LogP contribution in [-0.2, 0) is 10.0 Å². The normalized spacial score (nSPS) is 11.5. The first-order valence-electron chi connectivity index (χ1n) is 6.22. The van der Waals surface area contributed by atoms with Gasteiger partial charge in [-0.3, -0.25) is 4.72 Å². The number of hydrogen-bond donors (Lipinski definition) is 2. The zero-order valence-corrected chi connectivity index (χ0v) is 12.2. The molecule has 0 saturated carbocycles. The number of hydrogen-bond acceptors (Lipinski definition) is 5. The van der Waals surface area contributed by atoms with E-state index in [9.17, 15) is 17.6 Å². The summed E-state index contributed by atoms with van der Waals surface area (Å²) in [6.07, 6.45) is 4.23. The second-order valence-corrected chi connectivity index (χ2v) is 6.15. The van der Waals surface area contributed by atoms with Crippen molar-refractivity contribution in [2.75, 3.05) is 4.72 Å². The number of carboxylic acid groups (broad SMARTS) is 1. The maximum atomic E-state index is 13.8. The molecule has 0 spiro atoms. The van der Waals surface area contributed by atoms with Crippen molar-refractivity contribution in [2.45, 2.75) is 4.90 Å². The highest BCUT2D eigenvalue weighted by Gasteiger charge is 2.23. The lowest BCUT2D eigenvalue weighted by atomic mass is 10.2. The molecule has 0 amide bonds. The minimum Gasteiger partial charge on any atom is -0.478 e. The molecule has 2 aromatic heterocycles. The van der Waals surface area contributed by atoms with Crippen LogP contribution in [0.1, 0.15) is 10.4 Å². The topological polar surface area (TPSA) is 114 Å². The smallest absolute Gasteiger partial charge is 0.335 e. The fourth-order valence-corrected chi connectivity index (χ4v) is 3.09. The fraction of sp³-hybridized carbons (Fsp3) is 0. The second-order valence-electron chi connectivity index (χ2n) is 4.50. The number of benzene rings is 1. The van der Waals surface area contributed by atoms with E-state index in [1.54, 1.807) is 12.3 Å². The van der Waals surface area contributed by atoms with Gasteiger partial charge in [-0.1, -0.05) is 0 Å². The molecule has 0 atom stereocenters. The molecule has 0 bridgehead atoms. The number of halogens is 1. The molecular formula is C13H9FN4O4S. The fourth-order valence-electron chi connectivity index (χ4n) is 1.94. The molecule has 0 aliphatic rings. The van der Waals surface area contributed by atoms with Gasteiger partial charge in [-0.25, -0.2) is 27.1 Å². The first kappa shape index (κ1) is 14.9. The van der Waals surface area contributed by atoms with Crippen molar-refractivity contribution in [1.29, 1.82) is 0 Å². The molecular weight excluding hydrogens is 327 g/mol. The van der Waals surface area contributed by atoms with Gasteiger partial charge in [-0.05, 0) is 24.3 Å². The largest absolute Gasteiger partial charge is 0.478 e. The van der Waals surface area contributed by atoms with Crippen LogP contribution < -0.4 is 4.72 Å². The molecule has 8 nitrogen and oxygen atoms in total. The predicted molar refractivity (Wildman–Crippen MR) is 77.2 cm³/mol. The summed E-state index contributed by atoms with van der Waals surface area (Å²) in [6, 6.07) is 4.12. The van der Waals surface area contributed by atoms with Gasteiger partial charge in [0.05, 0.1) is 11.8 Å². The van der Waals surface area contributed by atoms with Gasteiger partial charge in [-0.15, -0.1) is 0 Å². The predicted octanol–water partition coefficient (Wildman–Crippen LogP) is 1.37. The number of rotatable bonds is 4. The number of nitrogens with one attached hydrogen (secondary N) is 1. The van der Waals surface area contributed by atoms with E-state index in [1.165, 1.54) is 16.9 Å². The highest BCUT2D eigenvalue weighted by molar-refractivity contribution is 7.92. The summed E-state index contributed by atoms with van der Waals surface area (Å²) in [5.74, 6) is -2.42. The molecule has 10 heteroatoms. The molecule has 3 aromatic rings. The Morgan fingerprint density at radius 2 is 2.13 bits per heavy atom. The van der Waals surface area contributed by atoms with Gasteiger partial charge in [0.15, 0.2) is 5.65 Å². The highest BCUT2D eigenvalue weighted by Crippen LogP contribution is 2.22. The van der Waals surface area contributed by atoms with Gasteiger partial charge in [0.2, 0.25) is 0 Å². The van der Waals surface area contributed by atoms with Crippen molar-refractivity contribution < 1.29 is 22.7 Å². The Morgan fingerprint density at radius 3 is 2.87 bits per heavy atom. The zero-order chi connectivity index (χ0) is 16.6. The number of carboxylic acids is 1. The molecule has 0 saturated heterocycles. The van der Waals surface area contributed by atoms with Gasteiger partial charge in [-0.2, -0.15) is 5.10 Å². The van der Waals surface area contributed by atoms with E-state index < -0.39 is 26.7 Å². The lowest BCUT2D eigenvalue weighted by Gasteiger charge is -2.08. The van der Waals surface area contributed by atoms with E-state index in [0.29, 0.717) is 0 Å². The van der Waals surface area contributed by atoms with Crippen LogP contribution in [0, 0.1) is 5.82 Å². The zero-order valence-electron chi connectivity index (χ0n) is 11.3. The number of nitrogens with zero attached hydrogens (tertiary/aromatic N) is 3. The Balaban J connectivity index is 2.05. The number of sulfonamides is 1. The van der Waals surface area contributed by atoms with Gasteiger partial charge in [0.25, 0.3) is 10.0 Å². The molecule has 3 rings (SSSR count). The molecule has 0 radical (unpaired) electrons. The van der Waals surface area contributed by atoms with E-state index in [4.69, 9.17) is 5.11 Å². The van der Waals surface area contributed by atoms with Gasteiger partial charge in [0, 0.05) is 12.4 Å². The molecule has 1 aromatic carbocycles. The molecule has 2 heterocycles. The van der Waals surface area contributed by atoms with Crippen LogP contribution in [0.5, 0.6) is 0 Å². The van der Waals surface area contributed by atoms with Crippen LogP contribution in [0.3, 0.4) is 0 Å². The van der Waals surface area contributed by atoms with Crippen molar-refractivity contribution in [2.24, 2.45) is 0 Å². The molecule has 118 valence electrons. The third-order valence-electron chi connectivity index (χ3n) is 2.99. The quantitative estimate of drug-likeness (QED) is 0.744. The summed E-state index contributed by atoms with van der Waals surface area (Å²) in [7, 11) is -4.34. The Morgan fingerprint density at radius 1 is 1.35 bits per heavy atom. The summed E-state index contributed by atoms with van der Waals surface area (Å²) in [4.78, 5) is 14.1.